The molecule has 0 bridgehead atoms. The fraction of sp³-hybridized carbons (Fsp3) is 0.304. The van der Waals surface area contributed by atoms with Crippen LogP contribution in [0.3, 0.4) is 0 Å². The van der Waals surface area contributed by atoms with Gasteiger partial charge in [-0.2, -0.15) is 0 Å². The summed E-state index contributed by atoms with van der Waals surface area (Å²) < 4.78 is 10.8. The molecule has 2 rings (SSSR count). The highest BCUT2D eigenvalue weighted by atomic mass is 16.6. The van der Waals surface area contributed by atoms with Gasteiger partial charge in [0.15, 0.2) is 0 Å². The fourth-order valence-electron chi connectivity index (χ4n) is 2.64. The van der Waals surface area contributed by atoms with Gasteiger partial charge in [-0.15, -0.1) is 0 Å². The summed E-state index contributed by atoms with van der Waals surface area (Å²) in [5.74, 6) is 0.375. The summed E-state index contributed by atoms with van der Waals surface area (Å²) in [7, 11) is 1.38. The van der Waals surface area contributed by atoms with Gasteiger partial charge in [-0.05, 0) is 61.2 Å². The van der Waals surface area contributed by atoms with Crippen molar-refractivity contribution in [2.24, 2.45) is 5.16 Å². The number of hydrogen-bond acceptors (Lipinski definition) is 5. The van der Waals surface area contributed by atoms with Crippen molar-refractivity contribution in [2.45, 2.75) is 33.8 Å². The lowest BCUT2D eigenvalue weighted by Gasteiger charge is -2.13. The third-order valence-electron chi connectivity index (χ3n) is 4.16. The van der Waals surface area contributed by atoms with E-state index >= 15 is 0 Å². The molecule has 5 heteroatoms. The maximum Gasteiger partial charge on any atom is 0.338 e. The van der Waals surface area contributed by atoms with Gasteiger partial charge in [0.2, 0.25) is 0 Å². The van der Waals surface area contributed by atoms with E-state index in [0.29, 0.717) is 18.8 Å². The smallest absolute Gasteiger partial charge is 0.338 e. The Hall–Kier alpha value is -3.08. The van der Waals surface area contributed by atoms with Crippen molar-refractivity contribution >= 4 is 17.3 Å². The molecule has 0 N–H and O–H groups in total. The van der Waals surface area contributed by atoms with Crippen LogP contribution in [0.4, 0.5) is 0 Å². The molecule has 28 heavy (non-hydrogen) atoms. The van der Waals surface area contributed by atoms with Crippen LogP contribution < -0.4 is 4.74 Å². The van der Waals surface area contributed by atoms with Gasteiger partial charge >= 0.3 is 5.97 Å². The number of nitrogens with zero attached hydrogens (tertiary/aromatic N) is 1. The second kappa shape index (κ2) is 10.9. The van der Waals surface area contributed by atoms with Gasteiger partial charge in [0.1, 0.15) is 19.0 Å². The second-order valence-corrected chi connectivity index (χ2v) is 6.17. The Morgan fingerprint density at radius 2 is 1.82 bits per heavy atom. The topological polar surface area (TPSA) is 57.1 Å². The van der Waals surface area contributed by atoms with Gasteiger partial charge in [0, 0.05) is 0 Å². The van der Waals surface area contributed by atoms with Crippen LogP contribution in [-0.2, 0) is 21.0 Å². The number of hydrogen-bond donors (Lipinski definition) is 0. The number of benzene rings is 2. The molecule has 0 saturated carbocycles. The number of esters is 1. The normalized spacial score (nSPS) is 11.9. The lowest BCUT2D eigenvalue weighted by Crippen LogP contribution is -2.07. The first-order valence-corrected chi connectivity index (χ1v) is 9.33. The number of carbonyl (C=O) groups excluding carboxylic acids is 1. The van der Waals surface area contributed by atoms with E-state index in [1.54, 1.807) is 6.08 Å². The Labute approximate surface area is 166 Å². The number of ether oxygens (including phenoxy) is 2. The maximum absolute atomic E-state index is 12.0. The van der Waals surface area contributed by atoms with Crippen LogP contribution in [0.15, 0.2) is 59.8 Å². The van der Waals surface area contributed by atoms with Gasteiger partial charge in [0.25, 0.3) is 0 Å². The first-order valence-electron chi connectivity index (χ1n) is 9.33. The molecular formula is C23H27NO4. The van der Waals surface area contributed by atoms with Crippen molar-refractivity contribution in [3.05, 3.63) is 71.3 Å². The highest BCUT2D eigenvalue weighted by molar-refractivity contribution is 6.16. The number of oxime groups is 1. The minimum atomic E-state index is -0.362. The van der Waals surface area contributed by atoms with Crippen LogP contribution in [0, 0.1) is 0 Å². The van der Waals surface area contributed by atoms with Crippen molar-refractivity contribution in [3.63, 3.8) is 0 Å². The van der Waals surface area contributed by atoms with Crippen LogP contribution in [0.5, 0.6) is 5.75 Å². The van der Waals surface area contributed by atoms with Crippen LogP contribution in [0.2, 0.25) is 0 Å². The third kappa shape index (κ3) is 5.71. The minimum Gasteiger partial charge on any atom is -0.489 e. The average molecular weight is 381 g/mol. The predicted molar refractivity (Wildman–Crippen MR) is 111 cm³/mol. The molecule has 0 radical (unpaired) electrons. The molecule has 0 saturated heterocycles. The number of carbonyl (C=O) groups is 1. The Morgan fingerprint density at radius 1 is 1.11 bits per heavy atom. The van der Waals surface area contributed by atoms with Crippen molar-refractivity contribution < 1.29 is 19.1 Å². The first-order chi connectivity index (χ1) is 13.6. The molecule has 0 heterocycles. The van der Waals surface area contributed by atoms with Crippen LogP contribution in [0.25, 0.3) is 5.57 Å². The lowest BCUT2D eigenvalue weighted by molar-refractivity contribution is -0.133. The Morgan fingerprint density at radius 3 is 2.46 bits per heavy atom. The fourth-order valence-corrected chi connectivity index (χ4v) is 2.64. The number of methoxy groups -OCH3 is 1. The Bertz CT molecular complexity index is 838. The molecule has 2 aromatic rings. The van der Waals surface area contributed by atoms with Crippen LogP contribution >= 0.6 is 0 Å². The average Bonchev–Trinajstić information content (AvgIpc) is 2.73. The zero-order valence-electron chi connectivity index (χ0n) is 16.9. The van der Waals surface area contributed by atoms with Crippen molar-refractivity contribution in [1.29, 1.82) is 0 Å². The summed E-state index contributed by atoms with van der Waals surface area (Å²) in [4.78, 5) is 17.2. The summed E-state index contributed by atoms with van der Waals surface area (Å²) in [6.07, 6.45) is 2.68. The van der Waals surface area contributed by atoms with Gasteiger partial charge < -0.3 is 14.3 Å². The second-order valence-electron chi connectivity index (χ2n) is 6.17. The van der Waals surface area contributed by atoms with E-state index in [4.69, 9.17) is 14.3 Å². The maximum atomic E-state index is 12.0. The molecule has 0 aliphatic carbocycles. The minimum absolute atomic E-state index is 0.344. The molecule has 0 aliphatic rings. The number of rotatable bonds is 9. The molecule has 0 amide bonds. The van der Waals surface area contributed by atoms with Gasteiger partial charge in [-0.1, -0.05) is 42.4 Å². The molecule has 5 nitrogen and oxygen atoms in total. The van der Waals surface area contributed by atoms with Gasteiger partial charge in [-0.25, -0.2) is 4.79 Å². The molecule has 0 atom stereocenters. The summed E-state index contributed by atoms with van der Waals surface area (Å²) in [5, 5.41) is 4.10. The van der Waals surface area contributed by atoms with Gasteiger partial charge in [-0.3, -0.25) is 0 Å². The van der Waals surface area contributed by atoms with Crippen LogP contribution in [-0.4, -0.2) is 25.4 Å². The van der Waals surface area contributed by atoms with Crippen LogP contribution in [0.1, 0.15) is 43.9 Å². The summed E-state index contributed by atoms with van der Waals surface area (Å²) in [5.41, 5.74) is 4.04. The molecule has 2 aromatic carbocycles. The van der Waals surface area contributed by atoms with E-state index in [2.05, 4.69) is 5.16 Å². The summed E-state index contributed by atoms with van der Waals surface area (Å²) in [6.45, 7) is 6.72. The zero-order valence-corrected chi connectivity index (χ0v) is 16.9. The highest BCUT2D eigenvalue weighted by Gasteiger charge is 2.15. The number of allylic oxidation sites excluding steroid dienone is 1. The van der Waals surface area contributed by atoms with E-state index in [9.17, 15) is 4.79 Å². The quantitative estimate of drug-likeness (QED) is 0.202. The van der Waals surface area contributed by atoms with Crippen molar-refractivity contribution in [1.82, 2.24) is 0 Å². The Balaban J connectivity index is 2.09. The highest BCUT2D eigenvalue weighted by Crippen LogP contribution is 2.23. The van der Waals surface area contributed by atoms with E-state index in [1.807, 2.05) is 69.3 Å². The van der Waals surface area contributed by atoms with E-state index in [-0.39, 0.29) is 5.97 Å². The largest absolute Gasteiger partial charge is 0.489 e. The molecule has 148 valence electrons. The first kappa shape index (κ1) is 21.2. The molecule has 0 aliphatic heterocycles. The van der Waals surface area contributed by atoms with E-state index < -0.39 is 0 Å². The summed E-state index contributed by atoms with van der Waals surface area (Å²) in [6, 6.07) is 15.3. The standard InChI is InChI=1S/C23H27NO4/c1-5-15-28-24-17(3)18-11-13-20(14-12-18)27-16-19-9-7-8-10-22(19)21(6-2)23(25)26-4/h6-14H,5,15-16H2,1-4H3/b21-6?,24-17-. The lowest BCUT2D eigenvalue weighted by atomic mass is 10.00. The molecule has 0 unspecified atom stereocenters. The van der Waals surface area contributed by atoms with Crippen molar-refractivity contribution in [3.8, 4) is 5.75 Å². The molecule has 0 spiro atoms. The van der Waals surface area contributed by atoms with Crippen molar-refractivity contribution in [2.75, 3.05) is 13.7 Å². The third-order valence-corrected chi connectivity index (χ3v) is 4.16. The van der Waals surface area contributed by atoms with E-state index in [0.717, 1.165) is 34.6 Å². The predicted octanol–water partition coefficient (Wildman–Crippen LogP) is 4.99. The Kier molecular flexibility index (Phi) is 8.28. The van der Waals surface area contributed by atoms with E-state index in [1.165, 1.54) is 7.11 Å². The molecular weight excluding hydrogens is 354 g/mol. The molecule has 0 aromatic heterocycles. The molecule has 0 fully saturated rings. The zero-order chi connectivity index (χ0) is 20.4. The van der Waals surface area contributed by atoms with Gasteiger partial charge in [0.05, 0.1) is 18.4 Å². The summed E-state index contributed by atoms with van der Waals surface area (Å²) >= 11 is 0. The monoisotopic (exact) mass is 381 g/mol. The SMILES string of the molecule is CC=C(C(=O)OC)c1ccccc1COc1ccc(/C(C)=N\OCCC)cc1.